The van der Waals surface area contributed by atoms with Crippen molar-refractivity contribution >= 4 is 5.97 Å². The van der Waals surface area contributed by atoms with E-state index in [0.29, 0.717) is 24.2 Å². The van der Waals surface area contributed by atoms with Gasteiger partial charge in [-0.2, -0.15) is 0 Å². The van der Waals surface area contributed by atoms with Gasteiger partial charge in [0.05, 0.1) is 0 Å². The number of ether oxygens (including phenoxy) is 2. The molecule has 0 bridgehead atoms. The molecule has 0 aliphatic heterocycles. The molecule has 0 aliphatic rings. The molecule has 2 aromatic carbocycles. The summed E-state index contributed by atoms with van der Waals surface area (Å²) in [5.74, 6) is -1.13. The van der Waals surface area contributed by atoms with Crippen LogP contribution in [-0.2, 0) is 21.6 Å². The Morgan fingerprint density at radius 1 is 1.00 bits per heavy atom. The molecule has 31 heavy (non-hydrogen) atoms. The van der Waals surface area contributed by atoms with Crippen molar-refractivity contribution in [1.82, 2.24) is 9.97 Å². The number of aliphatic carboxylic acids is 1. The van der Waals surface area contributed by atoms with Gasteiger partial charge < -0.3 is 14.6 Å². The lowest BCUT2D eigenvalue weighted by Crippen LogP contribution is -2.50. The number of hydrogen-bond donors (Lipinski definition) is 1. The van der Waals surface area contributed by atoms with Gasteiger partial charge in [0, 0.05) is 18.5 Å². The van der Waals surface area contributed by atoms with Crippen LogP contribution in [0, 0.1) is 13.8 Å². The molecule has 0 saturated carbocycles. The number of rotatable bonds is 10. The topological polar surface area (TPSA) is 81.5 Å². The molecule has 0 saturated heterocycles. The number of carbonyl (C=O) groups is 1. The highest BCUT2D eigenvalue weighted by molar-refractivity contribution is 5.75. The first-order valence-corrected chi connectivity index (χ1v) is 10.3. The highest BCUT2D eigenvalue weighted by atomic mass is 16.6. The number of nitrogens with zero attached hydrogens (tertiary/aromatic N) is 2. The van der Waals surface area contributed by atoms with Crippen LogP contribution in [0.2, 0.25) is 0 Å². The second-order valence-corrected chi connectivity index (χ2v) is 7.57. The maximum Gasteiger partial charge on any atom is 0.348 e. The number of hydrogen-bond acceptors (Lipinski definition) is 5. The Kier molecular flexibility index (Phi) is 7.36. The average molecular weight is 421 g/mol. The average Bonchev–Trinajstić information content (AvgIpc) is 2.76. The predicted molar refractivity (Wildman–Crippen MR) is 118 cm³/mol. The first kappa shape index (κ1) is 22.4. The molecular formula is C25H28N2O4. The molecule has 0 spiro atoms. The minimum absolute atomic E-state index is 0.0327. The van der Waals surface area contributed by atoms with Gasteiger partial charge in [0.2, 0.25) is 6.10 Å². The molecule has 1 aromatic heterocycles. The molecule has 0 aliphatic carbocycles. The van der Waals surface area contributed by atoms with E-state index in [-0.39, 0.29) is 6.01 Å². The van der Waals surface area contributed by atoms with Crippen LogP contribution in [-0.4, -0.2) is 34.3 Å². The van der Waals surface area contributed by atoms with E-state index in [1.54, 1.807) is 0 Å². The van der Waals surface area contributed by atoms with Crippen LogP contribution in [0.1, 0.15) is 35.4 Å². The number of aromatic nitrogens is 2. The fourth-order valence-corrected chi connectivity index (χ4v) is 3.87. The fraction of sp³-hybridized carbons (Fsp3) is 0.320. The Morgan fingerprint density at radius 2 is 1.58 bits per heavy atom. The summed E-state index contributed by atoms with van der Waals surface area (Å²) in [6.45, 7) is 3.63. The van der Waals surface area contributed by atoms with Crippen molar-refractivity contribution in [3.8, 4) is 6.01 Å². The third-order valence-corrected chi connectivity index (χ3v) is 5.32. The van der Waals surface area contributed by atoms with Crippen molar-refractivity contribution in [1.29, 1.82) is 0 Å². The number of aryl methyl sites for hydroxylation is 3. The standard InChI is InChI=1S/C25H28N2O4/c1-18-17-19(2)27-24(26-18)31-22(23(28)29)25(30-3,21-14-8-5-9-15-21)16-10-13-20-11-6-4-7-12-20/h4-9,11-12,14-15,17,22H,10,13,16H2,1-3H3,(H,28,29). The van der Waals surface area contributed by atoms with Crippen molar-refractivity contribution in [3.63, 3.8) is 0 Å². The summed E-state index contributed by atoms with van der Waals surface area (Å²) in [4.78, 5) is 21.0. The van der Waals surface area contributed by atoms with Gasteiger partial charge in [0.15, 0.2) is 0 Å². The van der Waals surface area contributed by atoms with E-state index in [4.69, 9.17) is 9.47 Å². The molecule has 0 amide bonds. The minimum atomic E-state index is -1.32. The summed E-state index contributed by atoms with van der Waals surface area (Å²) < 4.78 is 11.9. The fourth-order valence-electron chi connectivity index (χ4n) is 3.87. The Bertz CT molecular complexity index is 975. The van der Waals surface area contributed by atoms with E-state index in [0.717, 1.165) is 12.0 Å². The Morgan fingerprint density at radius 3 is 2.13 bits per heavy atom. The molecule has 2 atom stereocenters. The van der Waals surface area contributed by atoms with Gasteiger partial charge in [-0.25, -0.2) is 14.8 Å². The summed E-state index contributed by atoms with van der Waals surface area (Å²) in [6, 6.07) is 21.3. The molecular weight excluding hydrogens is 392 g/mol. The van der Waals surface area contributed by atoms with Crippen molar-refractivity contribution in [3.05, 3.63) is 89.2 Å². The Hall–Kier alpha value is -3.25. The number of carboxylic acid groups (broad SMARTS) is 1. The van der Waals surface area contributed by atoms with E-state index in [1.165, 1.54) is 12.7 Å². The van der Waals surface area contributed by atoms with Gasteiger partial charge in [0.25, 0.3) is 0 Å². The summed E-state index contributed by atoms with van der Waals surface area (Å²) in [5, 5.41) is 10.2. The lowest BCUT2D eigenvalue weighted by Gasteiger charge is -2.37. The molecule has 3 rings (SSSR count). The summed E-state index contributed by atoms with van der Waals surface area (Å²) in [6.07, 6.45) is 0.639. The Balaban J connectivity index is 1.96. The van der Waals surface area contributed by atoms with Crippen LogP contribution in [0.4, 0.5) is 0 Å². The normalized spacial score (nSPS) is 13.9. The molecule has 162 valence electrons. The van der Waals surface area contributed by atoms with Crippen LogP contribution in [0.25, 0.3) is 0 Å². The van der Waals surface area contributed by atoms with Crippen molar-refractivity contribution in [2.75, 3.05) is 7.11 Å². The maximum atomic E-state index is 12.4. The van der Waals surface area contributed by atoms with E-state index in [2.05, 4.69) is 22.1 Å². The lowest BCUT2D eigenvalue weighted by atomic mass is 9.82. The highest BCUT2D eigenvalue weighted by Crippen LogP contribution is 2.36. The first-order valence-electron chi connectivity index (χ1n) is 10.3. The van der Waals surface area contributed by atoms with Crippen molar-refractivity contribution in [2.24, 2.45) is 0 Å². The van der Waals surface area contributed by atoms with E-state index >= 15 is 0 Å². The van der Waals surface area contributed by atoms with Gasteiger partial charge in [0.1, 0.15) is 5.60 Å². The van der Waals surface area contributed by atoms with Gasteiger partial charge in [-0.05, 0) is 50.3 Å². The molecule has 3 aromatic rings. The van der Waals surface area contributed by atoms with E-state index < -0.39 is 17.7 Å². The van der Waals surface area contributed by atoms with Crippen LogP contribution in [0.15, 0.2) is 66.7 Å². The predicted octanol–water partition coefficient (Wildman–Crippen LogP) is 4.49. The zero-order chi connectivity index (χ0) is 22.3. The lowest BCUT2D eigenvalue weighted by molar-refractivity contribution is -0.168. The second kappa shape index (κ2) is 10.2. The summed E-state index contributed by atoms with van der Waals surface area (Å²) >= 11 is 0. The van der Waals surface area contributed by atoms with Crippen LogP contribution < -0.4 is 4.74 Å². The second-order valence-electron chi connectivity index (χ2n) is 7.57. The number of carboxylic acids is 1. The van der Waals surface area contributed by atoms with E-state index in [9.17, 15) is 9.90 Å². The quantitative estimate of drug-likeness (QED) is 0.520. The minimum Gasteiger partial charge on any atom is -0.478 e. The monoisotopic (exact) mass is 420 g/mol. The summed E-state index contributed by atoms with van der Waals surface area (Å²) in [5.41, 5.74) is 2.13. The zero-order valence-electron chi connectivity index (χ0n) is 18.1. The number of methoxy groups -OCH3 is 1. The van der Waals surface area contributed by atoms with E-state index in [1.807, 2.05) is 68.4 Å². The van der Waals surface area contributed by atoms with Crippen LogP contribution >= 0.6 is 0 Å². The largest absolute Gasteiger partial charge is 0.478 e. The van der Waals surface area contributed by atoms with Crippen molar-refractivity contribution in [2.45, 2.75) is 44.8 Å². The van der Waals surface area contributed by atoms with Crippen LogP contribution in [0.5, 0.6) is 6.01 Å². The third kappa shape index (κ3) is 5.47. The molecule has 0 radical (unpaired) electrons. The summed E-state index contributed by atoms with van der Waals surface area (Å²) in [7, 11) is 1.52. The molecule has 1 N–H and O–H groups in total. The first-order chi connectivity index (χ1) is 14.9. The SMILES string of the molecule is COC(CCCc1ccccc1)(c1ccccc1)C(Oc1nc(C)cc(C)n1)C(=O)O. The van der Waals surface area contributed by atoms with Gasteiger partial charge >= 0.3 is 12.0 Å². The highest BCUT2D eigenvalue weighted by Gasteiger charge is 2.47. The smallest absolute Gasteiger partial charge is 0.348 e. The molecule has 1 heterocycles. The maximum absolute atomic E-state index is 12.4. The van der Waals surface area contributed by atoms with Gasteiger partial charge in [-0.3, -0.25) is 0 Å². The molecule has 6 heteroatoms. The van der Waals surface area contributed by atoms with Crippen LogP contribution in [0.3, 0.4) is 0 Å². The van der Waals surface area contributed by atoms with Gasteiger partial charge in [-0.1, -0.05) is 60.7 Å². The number of benzene rings is 2. The van der Waals surface area contributed by atoms with Gasteiger partial charge in [-0.15, -0.1) is 0 Å². The third-order valence-electron chi connectivity index (χ3n) is 5.32. The zero-order valence-corrected chi connectivity index (χ0v) is 18.1. The Labute approximate surface area is 182 Å². The molecule has 0 fully saturated rings. The van der Waals surface area contributed by atoms with Crippen molar-refractivity contribution < 1.29 is 19.4 Å². The molecule has 6 nitrogen and oxygen atoms in total. The molecule has 2 unspecified atom stereocenters.